The Hall–Kier alpha value is -2.30. The van der Waals surface area contributed by atoms with Crippen molar-refractivity contribution in [2.75, 3.05) is 0 Å². The number of amides is 1. The van der Waals surface area contributed by atoms with Crippen LogP contribution in [0.15, 0.2) is 24.3 Å². The molecule has 1 heterocycles. The molecule has 1 aromatic heterocycles. The Balaban J connectivity index is 1.86. The number of benzene rings is 1. The third-order valence-corrected chi connectivity index (χ3v) is 3.40. The first kappa shape index (κ1) is 16.1. The molecule has 1 amide bonds. The van der Waals surface area contributed by atoms with Gasteiger partial charge < -0.3 is 10.1 Å². The molecule has 0 bridgehead atoms. The van der Waals surface area contributed by atoms with Crippen LogP contribution in [0.5, 0.6) is 5.75 Å². The Morgan fingerprint density at radius 1 is 1.27 bits per heavy atom. The van der Waals surface area contributed by atoms with Crippen molar-refractivity contribution in [1.29, 1.82) is 0 Å². The molecule has 1 aromatic carbocycles. The van der Waals surface area contributed by atoms with Gasteiger partial charge in [0.05, 0.1) is 18.2 Å². The summed E-state index contributed by atoms with van der Waals surface area (Å²) >= 11 is 0. The van der Waals surface area contributed by atoms with Gasteiger partial charge >= 0.3 is 0 Å². The van der Waals surface area contributed by atoms with E-state index >= 15 is 0 Å². The van der Waals surface area contributed by atoms with E-state index in [1.54, 1.807) is 0 Å². The largest absolute Gasteiger partial charge is 0.491 e. The zero-order chi connectivity index (χ0) is 16.1. The summed E-state index contributed by atoms with van der Waals surface area (Å²) in [7, 11) is 0. The van der Waals surface area contributed by atoms with Crippen LogP contribution >= 0.6 is 0 Å². The van der Waals surface area contributed by atoms with Crippen LogP contribution in [0.1, 0.15) is 36.4 Å². The third-order valence-electron chi connectivity index (χ3n) is 3.40. The molecular formula is C17H23N3O2. The number of aromatic amines is 1. The maximum atomic E-state index is 12.0. The molecule has 0 aliphatic carbocycles. The smallest absolute Gasteiger partial charge is 0.224 e. The number of aryl methyl sites for hydroxylation is 2. The number of aromatic nitrogens is 2. The SMILES string of the molecule is Cc1n[nH]c(C)c1CC(=O)NCc1ccc(OC(C)C)cc1. The lowest BCUT2D eigenvalue weighted by Gasteiger charge is -2.10. The molecule has 0 saturated heterocycles. The minimum atomic E-state index is -0.00453. The van der Waals surface area contributed by atoms with E-state index in [-0.39, 0.29) is 12.0 Å². The van der Waals surface area contributed by atoms with E-state index in [1.807, 2.05) is 52.0 Å². The highest BCUT2D eigenvalue weighted by molar-refractivity contribution is 5.79. The molecule has 0 spiro atoms. The van der Waals surface area contributed by atoms with Crippen LogP contribution in [0.25, 0.3) is 0 Å². The molecule has 0 radical (unpaired) electrons. The van der Waals surface area contributed by atoms with Crippen LogP contribution in [0.4, 0.5) is 0 Å². The Bertz CT molecular complexity index is 610. The number of ether oxygens (including phenoxy) is 1. The van der Waals surface area contributed by atoms with E-state index in [0.717, 1.165) is 28.3 Å². The van der Waals surface area contributed by atoms with Gasteiger partial charge in [-0.3, -0.25) is 9.89 Å². The topological polar surface area (TPSA) is 67.0 Å². The number of carbonyl (C=O) groups is 1. The van der Waals surface area contributed by atoms with Crippen LogP contribution < -0.4 is 10.1 Å². The van der Waals surface area contributed by atoms with Crippen molar-refractivity contribution in [3.8, 4) is 5.75 Å². The average molecular weight is 301 g/mol. The van der Waals surface area contributed by atoms with Gasteiger partial charge in [-0.15, -0.1) is 0 Å². The lowest BCUT2D eigenvalue weighted by Crippen LogP contribution is -2.24. The molecule has 0 fully saturated rings. The minimum absolute atomic E-state index is 0.00453. The van der Waals surface area contributed by atoms with E-state index in [2.05, 4.69) is 15.5 Å². The molecule has 2 aromatic rings. The van der Waals surface area contributed by atoms with Gasteiger partial charge in [-0.1, -0.05) is 12.1 Å². The zero-order valence-corrected chi connectivity index (χ0v) is 13.6. The fourth-order valence-electron chi connectivity index (χ4n) is 2.22. The molecular weight excluding hydrogens is 278 g/mol. The van der Waals surface area contributed by atoms with Crippen LogP contribution in [0, 0.1) is 13.8 Å². The molecule has 0 unspecified atom stereocenters. The van der Waals surface area contributed by atoms with Crippen molar-refractivity contribution < 1.29 is 9.53 Å². The van der Waals surface area contributed by atoms with Gasteiger partial charge in [0, 0.05) is 17.8 Å². The summed E-state index contributed by atoms with van der Waals surface area (Å²) in [6.45, 7) is 8.33. The lowest BCUT2D eigenvalue weighted by molar-refractivity contribution is -0.120. The molecule has 0 atom stereocenters. The van der Waals surface area contributed by atoms with Gasteiger partial charge in [-0.25, -0.2) is 0 Å². The van der Waals surface area contributed by atoms with E-state index in [0.29, 0.717) is 13.0 Å². The predicted octanol–water partition coefficient (Wildman–Crippen LogP) is 2.67. The molecule has 22 heavy (non-hydrogen) atoms. The highest BCUT2D eigenvalue weighted by Crippen LogP contribution is 2.14. The third kappa shape index (κ3) is 4.35. The van der Waals surface area contributed by atoms with Crippen molar-refractivity contribution in [1.82, 2.24) is 15.5 Å². The summed E-state index contributed by atoms with van der Waals surface area (Å²) < 4.78 is 5.59. The molecule has 5 nitrogen and oxygen atoms in total. The maximum absolute atomic E-state index is 12.0. The lowest BCUT2D eigenvalue weighted by atomic mass is 10.1. The Kier molecular flexibility index (Phi) is 5.20. The first-order chi connectivity index (χ1) is 10.5. The highest BCUT2D eigenvalue weighted by atomic mass is 16.5. The highest BCUT2D eigenvalue weighted by Gasteiger charge is 2.11. The minimum Gasteiger partial charge on any atom is -0.491 e. The fourth-order valence-corrected chi connectivity index (χ4v) is 2.22. The van der Waals surface area contributed by atoms with Crippen molar-refractivity contribution in [3.05, 3.63) is 46.8 Å². The molecule has 5 heteroatoms. The van der Waals surface area contributed by atoms with Gasteiger partial charge in [-0.2, -0.15) is 5.10 Å². The second kappa shape index (κ2) is 7.11. The van der Waals surface area contributed by atoms with Crippen LogP contribution in [-0.2, 0) is 17.8 Å². The second-order valence-electron chi connectivity index (χ2n) is 5.68. The first-order valence-electron chi connectivity index (χ1n) is 7.48. The summed E-state index contributed by atoms with van der Waals surface area (Å²) in [6, 6.07) is 7.77. The first-order valence-corrected chi connectivity index (χ1v) is 7.48. The molecule has 2 N–H and O–H groups in total. The number of nitrogens with one attached hydrogen (secondary N) is 2. The molecule has 0 saturated carbocycles. The summed E-state index contributed by atoms with van der Waals surface area (Å²) in [5, 5.41) is 9.93. The van der Waals surface area contributed by atoms with Gasteiger partial charge in [0.1, 0.15) is 5.75 Å². The van der Waals surface area contributed by atoms with Crippen molar-refractivity contribution in [3.63, 3.8) is 0 Å². The van der Waals surface area contributed by atoms with Crippen molar-refractivity contribution in [2.45, 2.75) is 46.8 Å². The van der Waals surface area contributed by atoms with E-state index in [9.17, 15) is 4.79 Å². The summed E-state index contributed by atoms with van der Waals surface area (Å²) in [6.07, 6.45) is 0.509. The Morgan fingerprint density at radius 3 is 2.50 bits per heavy atom. The summed E-state index contributed by atoms with van der Waals surface area (Å²) in [4.78, 5) is 12.0. The average Bonchev–Trinajstić information content (AvgIpc) is 2.78. The molecule has 0 aliphatic heterocycles. The fraction of sp³-hybridized carbons (Fsp3) is 0.412. The zero-order valence-electron chi connectivity index (χ0n) is 13.6. The molecule has 0 aliphatic rings. The van der Waals surface area contributed by atoms with Crippen LogP contribution in [-0.4, -0.2) is 22.2 Å². The van der Waals surface area contributed by atoms with Gasteiger partial charge in [-0.05, 0) is 45.4 Å². The maximum Gasteiger partial charge on any atom is 0.224 e. The van der Waals surface area contributed by atoms with E-state index in [1.165, 1.54) is 0 Å². The van der Waals surface area contributed by atoms with Gasteiger partial charge in [0.2, 0.25) is 5.91 Å². The van der Waals surface area contributed by atoms with Crippen LogP contribution in [0.3, 0.4) is 0 Å². The van der Waals surface area contributed by atoms with Crippen LogP contribution in [0.2, 0.25) is 0 Å². The van der Waals surface area contributed by atoms with E-state index < -0.39 is 0 Å². The number of nitrogens with zero attached hydrogens (tertiary/aromatic N) is 1. The summed E-state index contributed by atoms with van der Waals surface area (Å²) in [5.41, 5.74) is 3.84. The van der Waals surface area contributed by atoms with Crippen molar-refractivity contribution in [2.24, 2.45) is 0 Å². The number of carbonyl (C=O) groups excluding carboxylic acids is 1. The standard InChI is InChI=1S/C17H23N3O2/c1-11(2)22-15-7-5-14(6-8-15)10-18-17(21)9-16-12(3)19-20-13(16)4/h5-8,11H,9-10H2,1-4H3,(H,18,21)(H,19,20). The van der Waals surface area contributed by atoms with Crippen molar-refractivity contribution >= 4 is 5.91 Å². The molecule has 118 valence electrons. The summed E-state index contributed by atoms with van der Waals surface area (Å²) in [5.74, 6) is 0.838. The Labute approximate surface area is 131 Å². The quantitative estimate of drug-likeness (QED) is 0.862. The van der Waals surface area contributed by atoms with Gasteiger partial charge in [0.25, 0.3) is 0 Å². The Morgan fingerprint density at radius 2 is 1.95 bits per heavy atom. The normalized spacial score (nSPS) is 10.8. The predicted molar refractivity (Wildman–Crippen MR) is 85.8 cm³/mol. The number of rotatable bonds is 6. The second-order valence-corrected chi connectivity index (χ2v) is 5.68. The van der Waals surface area contributed by atoms with E-state index in [4.69, 9.17) is 4.74 Å². The number of hydrogen-bond acceptors (Lipinski definition) is 3. The number of H-pyrrole nitrogens is 1. The monoisotopic (exact) mass is 301 g/mol. The molecule has 2 rings (SSSR count). The van der Waals surface area contributed by atoms with Gasteiger partial charge in [0.15, 0.2) is 0 Å². The number of hydrogen-bond donors (Lipinski definition) is 2.